The predicted molar refractivity (Wildman–Crippen MR) is 84.1 cm³/mol. The SMILES string of the molecule is CCCCOCC(=O)N1CCN(C)[C@@H](c2ccccc2)C1. The van der Waals surface area contributed by atoms with Crippen LogP contribution in [0, 0.1) is 0 Å². The monoisotopic (exact) mass is 290 g/mol. The highest BCUT2D eigenvalue weighted by Gasteiger charge is 2.28. The highest BCUT2D eigenvalue weighted by molar-refractivity contribution is 5.77. The standard InChI is InChI=1S/C17H26N2O2/c1-3-4-12-21-14-17(20)19-11-10-18(2)16(13-19)15-8-6-5-7-9-15/h5-9,16H,3-4,10-14H2,1-2H3/t16-/m1/s1. The summed E-state index contributed by atoms with van der Waals surface area (Å²) in [6.45, 7) is 5.45. The molecule has 2 rings (SSSR count). The predicted octanol–water partition coefficient (Wildman–Crippen LogP) is 2.32. The Morgan fingerprint density at radius 3 is 2.76 bits per heavy atom. The van der Waals surface area contributed by atoms with Crippen molar-refractivity contribution in [1.29, 1.82) is 0 Å². The number of rotatable bonds is 6. The van der Waals surface area contributed by atoms with Crippen molar-refractivity contribution in [3.05, 3.63) is 35.9 Å². The zero-order valence-electron chi connectivity index (χ0n) is 13.1. The van der Waals surface area contributed by atoms with Crippen LogP contribution in [-0.2, 0) is 9.53 Å². The van der Waals surface area contributed by atoms with Gasteiger partial charge in [0.25, 0.3) is 0 Å². The Balaban J connectivity index is 1.89. The van der Waals surface area contributed by atoms with Crippen LogP contribution in [0.4, 0.5) is 0 Å². The van der Waals surface area contributed by atoms with Gasteiger partial charge in [0.05, 0.1) is 6.04 Å². The molecule has 1 atom stereocenters. The second kappa shape index (κ2) is 8.15. The summed E-state index contributed by atoms with van der Waals surface area (Å²) in [5, 5.41) is 0. The summed E-state index contributed by atoms with van der Waals surface area (Å²) in [5.41, 5.74) is 1.27. The zero-order chi connectivity index (χ0) is 15.1. The van der Waals surface area contributed by atoms with Gasteiger partial charge in [-0.3, -0.25) is 9.69 Å². The Labute approximate surface area is 127 Å². The largest absolute Gasteiger partial charge is 0.372 e. The highest BCUT2D eigenvalue weighted by atomic mass is 16.5. The number of hydrogen-bond donors (Lipinski definition) is 0. The number of hydrogen-bond acceptors (Lipinski definition) is 3. The van der Waals surface area contributed by atoms with Crippen molar-refractivity contribution in [2.75, 3.05) is 39.9 Å². The van der Waals surface area contributed by atoms with Gasteiger partial charge in [-0.1, -0.05) is 43.7 Å². The van der Waals surface area contributed by atoms with E-state index < -0.39 is 0 Å². The lowest BCUT2D eigenvalue weighted by atomic mass is 10.0. The topological polar surface area (TPSA) is 32.8 Å². The number of benzene rings is 1. The molecule has 4 heteroatoms. The number of ether oxygens (including phenoxy) is 1. The molecule has 0 aromatic heterocycles. The van der Waals surface area contributed by atoms with Gasteiger partial charge in [-0.2, -0.15) is 0 Å². The Hall–Kier alpha value is -1.39. The molecule has 0 N–H and O–H groups in total. The molecule has 1 saturated heterocycles. The average Bonchev–Trinajstić information content (AvgIpc) is 2.52. The molecule has 0 spiro atoms. The maximum Gasteiger partial charge on any atom is 0.248 e. The summed E-state index contributed by atoms with van der Waals surface area (Å²) < 4.78 is 5.45. The van der Waals surface area contributed by atoms with Gasteiger partial charge in [0.2, 0.25) is 5.91 Å². The molecular weight excluding hydrogens is 264 g/mol. The molecule has 4 nitrogen and oxygen atoms in total. The second-order valence-corrected chi connectivity index (χ2v) is 5.65. The van der Waals surface area contributed by atoms with E-state index >= 15 is 0 Å². The van der Waals surface area contributed by atoms with Crippen LogP contribution in [0.3, 0.4) is 0 Å². The van der Waals surface area contributed by atoms with Gasteiger partial charge in [0, 0.05) is 26.2 Å². The molecule has 1 aromatic carbocycles. The molecular formula is C17H26N2O2. The lowest BCUT2D eigenvalue weighted by Gasteiger charge is -2.39. The van der Waals surface area contributed by atoms with E-state index in [2.05, 4.69) is 43.1 Å². The van der Waals surface area contributed by atoms with Gasteiger partial charge in [0.15, 0.2) is 0 Å². The number of unbranched alkanes of at least 4 members (excludes halogenated alkanes) is 1. The Morgan fingerprint density at radius 1 is 1.29 bits per heavy atom. The van der Waals surface area contributed by atoms with Gasteiger partial charge >= 0.3 is 0 Å². The van der Waals surface area contributed by atoms with Crippen LogP contribution in [0.15, 0.2) is 30.3 Å². The maximum absolute atomic E-state index is 12.2. The molecule has 1 aliphatic heterocycles. The molecule has 1 aliphatic rings. The van der Waals surface area contributed by atoms with Gasteiger partial charge in [-0.15, -0.1) is 0 Å². The molecule has 1 heterocycles. The van der Waals surface area contributed by atoms with Gasteiger partial charge in [-0.05, 0) is 19.0 Å². The molecule has 0 bridgehead atoms. The summed E-state index contributed by atoms with van der Waals surface area (Å²) in [6.07, 6.45) is 2.11. The fourth-order valence-corrected chi connectivity index (χ4v) is 2.63. The van der Waals surface area contributed by atoms with Crippen molar-refractivity contribution in [2.45, 2.75) is 25.8 Å². The van der Waals surface area contributed by atoms with Crippen molar-refractivity contribution in [1.82, 2.24) is 9.80 Å². The van der Waals surface area contributed by atoms with E-state index in [9.17, 15) is 4.79 Å². The first kappa shape index (κ1) is 16.0. The van der Waals surface area contributed by atoms with Gasteiger partial charge < -0.3 is 9.64 Å². The fraction of sp³-hybridized carbons (Fsp3) is 0.588. The summed E-state index contributed by atoms with van der Waals surface area (Å²) in [5.74, 6) is 0.111. The smallest absolute Gasteiger partial charge is 0.248 e. The third-order valence-corrected chi connectivity index (χ3v) is 4.05. The lowest BCUT2D eigenvalue weighted by molar-refractivity contribution is -0.139. The van der Waals surface area contributed by atoms with Crippen molar-refractivity contribution in [3.8, 4) is 0 Å². The summed E-state index contributed by atoms with van der Waals surface area (Å²) in [6, 6.07) is 10.7. The van der Waals surface area contributed by atoms with E-state index in [0.717, 1.165) is 32.5 Å². The minimum atomic E-state index is 0.111. The first-order chi connectivity index (χ1) is 10.2. The van der Waals surface area contributed by atoms with E-state index in [-0.39, 0.29) is 18.6 Å². The van der Waals surface area contributed by atoms with E-state index in [1.165, 1.54) is 5.56 Å². The number of carbonyl (C=O) groups excluding carboxylic acids is 1. The van der Waals surface area contributed by atoms with E-state index in [0.29, 0.717) is 6.61 Å². The van der Waals surface area contributed by atoms with Crippen molar-refractivity contribution in [3.63, 3.8) is 0 Å². The number of likely N-dealkylation sites (N-methyl/N-ethyl adjacent to an activating group) is 1. The number of amides is 1. The minimum absolute atomic E-state index is 0.111. The second-order valence-electron chi connectivity index (χ2n) is 5.65. The van der Waals surface area contributed by atoms with Crippen molar-refractivity contribution < 1.29 is 9.53 Å². The minimum Gasteiger partial charge on any atom is -0.372 e. The van der Waals surface area contributed by atoms with Crippen LogP contribution in [0.25, 0.3) is 0 Å². The van der Waals surface area contributed by atoms with E-state index in [1.807, 2.05) is 11.0 Å². The molecule has 0 radical (unpaired) electrons. The summed E-state index contributed by atoms with van der Waals surface area (Å²) >= 11 is 0. The van der Waals surface area contributed by atoms with E-state index in [1.54, 1.807) is 0 Å². The molecule has 1 fully saturated rings. The Bertz CT molecular complexity index is 436. The molecule has 0 aliphatic carbocycles. The first-order valence-electron chi connectivity index (χ1n) is 7.83. The Morgan fingerprint density at radius 2 is 2.05 bits per heavy atom. The quantitative estimate of drug-likeness (QED) is 0.754. The molecule has 21 heavy (non-hydrogen) atoms. The molecule has 0 saturated carbocycles. The average molecular weight is 290 g/mol. The molecule has 0 unspecified atom stereocenters. The maximum atomic E-state index is 12.2. The summed E-state index contributed by atoms with van der Waals surface area (Å²) in [7, 11) is 2.12. The zero-order valence-corrected chi connectivity index (χ0v) is 13.1. The van der Waals surface area contributed by atoms with Crippen LogP contribution >= 0.6 is 0 Å². The van der Waals surface area contributed by atoms with Crippen LogP contribution in [0.5, 0.6) is 0 Å². The van der Waals surface area contributed by atoms with Gasteiger partial charge in [0.1, 0.15) is 6.61 Å². The normalized spacial score (nSPS) is 19.7. The number of carbonyl (C=O) groups is 1. The first-order valence-corrected chi connectivity index (χ1v) is 7.83. The van der Waals surface area contributed by atoms with Crippen LogP contribution in [0.1, 0.15) is 31.4 Å². The highest BCUT2D eigenvalue weighted by Crippen LogP contribution is 2.23. The number of piperazine rings is 1. The third-order valence-electron chi connectivity index (χ3n) is 4.05. The molecule has 116 valence electrons. The third kappa shape index (κ3) is 4.55. The lowest BCUT2D eigenvalue weighted by Crippen LogP contribution is -2.50. The molecule has 1 aromatic rings. The van der Waals surface area contributed by atoms with Crippen molar-refractivity contribution >= 4 is 5.91 Å². The fourth-order valence-electron chi connectivity index (χ4n) is 2.63. The van der Waals surface area contributed by atoms with Crippen LogP contribution in [-0.4, -0.2) is 55.6 Å². The molecule has 1 amide bonds. The van der Waals surface area contributed by atoms with E-state index in [4.69, 9.17) is 4.74 Å². The van der Waals surface area contributed by atoms with Crippen LogP contribution in [0.2, 0.25) is 0 Å². The van der Waals surface area contributed by atoms with Crippen molar-refractivity contribution in [2.24, 2.45) is 0 Å². The number of nitrogens with zero attached hydrogens (tertiary/aromatic N) is 2. The Kier molecular flexibility index (Phi) is 6.21. The van der Waals surface area contributed by atoms with Crippen LogP contribution < -0.4 is 0 Å². The van der Waals surface area contributed by atoms with Gasteiger partial charge in [-0.25, -0.2) is 0 Å². The summed E-state index contributed by atoms with van der Waals surface area (Å²) in [4.78, 5) is 16.5.